The van der Waals surface area contributed by atoms with E-state index >= 15 is 0 Å². The number of rotatable bonds is 7. The van der Waals surface area contributed by atoms with Crippen LogP contribution in [0.15, 0.2) is 53.4 Å². The zero-order valence-corrected chi connectivity index (χ0v) is 17.8. The number of hydrogen-bond acceptors (Lipinski definition) is 4. The molecule has 154 valence electrons. The SMILES string of the molecule is CCNS(=O)(=O)c1ccc(/C=C/C(=O)Nc2ccc(C(=O)N(C)C)c(Cl)c2)cc1. The first-order valence-corrected chi connectivity index (χ1v) is 10.6. The lowest BCUT2D eigenvalue weighted by atomic mass is 10.1. The molecule has 0 saturated heterocycles. The summed E-state index contributed by atoms with van der Waals surface area (Å²) in [5, 5.41) is 2.90. The second-order valence-electron chi connectivity index (χ2n) is 6.29. The van der Waals surface area contributed by atoms with Gasteiger partial charge in [-0.1, -0.05) is 30.7 Å². The topological polar surface area (TPSA) is 95.6 Å². The molecular formula is C20H22ClN3O4S. The van der Waals surface area contributed by atoms with Crippen LogP contribution in [0.3, 0.4) is 0 Å². The Balaban J connectivity index is 2.05. The first-order chi connectivity index (χ1) is 13.6. The molecule has 9 heteroatoms. The van der Waals surface area contributed by atoms with Crippen molar-refractivity contribution in [2.45, 2.75) is 11.8 Å². The summed E-state index contributed by atoms with van der Waals surface area (Å²) in [5.41, 5.74) is 1.46. The number of carbonyl (C=O) groups excluding carboxylic acids is 2. The Bertz CT molecular complexity index is 1030. The van der Waals surface area contributed by atoms with E-state index < -0.39 is 15.9 Å². The highest BCUT2D eigenvalue weighted by atomic mass is 35.5. The molecule has 0 aromatic heterocycles. The molecule has 2 amide bonds. The van der Waals surface area contributed by atoms with Crippen molar-refractivity contribution in [3.63, 3.8) is 0 Å². The molecule has 0 heterocycles. The average molecular weight is 436 g/mol. The second-order valence-corrected chi connectivity index (χ2v) is 8.46. The summed E-state index contributed by atoms with van der Waals surface area (Å²) < 4.78 is 26.2. The van der Waals surface area contributed by atoms with Gasteiger partial charge in [-0.2, -0.15) is 0 Å². The fraction of sp³-hybridized carbons (Fsp3) is 0.200. The van der Waals surface area contributed by atoms with Crippen molar-refractivity contribution in [3.05, 3.63) is 64.7 Å². The monoisotopic (exact) mass is 435 g/mol. The maximum Gasteiger partial charge on any atom is 0.254 e. The minimum Gasteiger partial charge on any atom is -0.345 e. The van der Waals surface area contributed by atoms with Crippen LogP contribution >= 0.6 is 11.6 Å². The molecule has 0 atom stereocenters. The van der Waals surface area contributed by atoms with Crippen LogP contribution in [-0.2, 0) is 14.8 Å². The first kappa shape index (κ1) is 22.6. The van der Waals surface area contributed by atoms with Crippen molar-refractivity contribution in [1.29, 1.82) is 0 Å². The number of halogens is 1. The number of sulfonamides is 1. The number of hydrogen-bond donors (Lipinski definition) is 2. The molecule has 0 fully saturated rings. The van der Waals surface area contributed by atoms with E-state index in [0.717, 1.165) is 0 Å². The molecule has 2 N–H and O–H groups in total. The summed E-state index contributed by atoms with van der Waals surface area (Å²) in [4.78, 5) is 25.7. The van der Waals surface area contributed by atoms with Gasteiger partial charge in [0.25, 0.3) is 5.91 Å². The van der Waals surface area contributed by atoms with Crippen LogP contribution in [0.1, 0.15) is 22.8 Å². The summed E-state index contributed by atoms with van der Waals surface area (Å²) in [6, 6.07) is 10.8. The summed E-state index contributed by atoms with van der Waals surface area (Å²) in [5.74, 6) is -0.621. The fourth-order valence-electron chi connectivity index (χ4n) is 2.39. The molecule has 0 aliphatic carbocycles. The molecule has 2 rings (SSSR count). The zero-order valence-electron chi connectivity index (χ0n) is 16.3. The van der Waals surface area contributed by atoms with E-state index in [1.165, 1.54) is 29.2 Å². The van der Waals surface area contributed by atoms with Gasteiger partial charge in [0.2, 0.25) is 15.9 Å². The Morgan fingerprint density at radius 3 is 2.31 bits per heavy atom. The lowest BCUT2D eigenvalue weighted by molar-refractivity contribution is -0.111. The maximum atomic E-state index is 12.1. The molecule has 0 spiro atoms. The van der Waals surface area contributed by atoms with Crippen molar-refractivity contribution >= 4 is 45.2 Å². The molecule has 2 aromatic carbocycles. The minimum absolute atomic E-state index is 0.156. The largest absolute Gasteiger partial charge is 0.345 e. The Morgan fingerprint density at radius 2 is 1.76 bits per heavy atom. The van der Waals surface area contributed by atoms with E-state index in [2.05, 4.69) is 10.0 Å². The number of nitrogens with one attached hydrogen (secondary N) is 2. The highest BCUT2D eigenvalue weighted by Gasteiger charge is 2.13. The summed E-state index contributed by atoms with van der Waals surface area (Å²) >= 11 is 6.13. The first-order valence-electron chi connectivity index (χ1n) is 8.74. The smallest absolute Gasteiger partial charge is 0.254 e. The van der Waals surface area contributed by atoms with Crippen LogP contribution in [0.2, 0.25) is 5.02 Å². The molecule has 29 heavy (non-hydrogen) atoms. The van der Waals surface area contributed by atoms with Gasteiger partial charge in [0.1, 0.15) is 0 Å². The number of carbonyl (C=O) groups is 2. The molecule has 0 radical (unpaired) electrons. The van der Waals surface area contributed by atoms with Gasteiger partial charge in [-0.15, -0.1) is 0 Å². The standard InChI is InChI=1S/C20H22ClN3O4S/c1-4-22-29(27,28)16-9-5-14(6-10-16)7-12-19(25)23-15-8-11-17(18(21)13-15)20(26)24(2)3/h5-13,22H,4H2,1-3H3,(H,23,25)/b12-7+. The Morgan fingerprint density at radius 1 is 1.10 bits per heavy atom. The molecule has 7 nitrogen and oxygen atoms in total. The van der Waals surface area contributed by atoms with Crippen molar-refractivity contribution in [1.82, 2.24) is 9.62 Å². The maximum absolute atomic E-state index is 12.1. The van der Waals surface area contributed by atoms with Crippen molar-refractivity contribution in [2.24, 2.45) is 0 Å². The predicted molar refractivity (Wildman–Crippen MR) is 114 cm³/mol. The third-order valence-corrected chi connectivity index (χ3v) is 5.70. The van der Waals surface area contributed by atoms with Gasteiger partial charge in [-0.25, -0.2) is 13.1 Å². The zero-order chi connectivity index (χ0) is 21.6. The summed E-state index contributed by atoms with van der Waals surface area (Å²) in [6.45, 7) is 2.01. The molecule has 0 bridgehead atoms. The lowest BCUT2D eigenvalue weighted by Crippen LogP contribution is -2.22. The molecule has 0 saturated carbocycles. The van der Waals surface area contributed by atoms with E-state index in [0.29, 0.717) is 23.4 Å². The Hall–Kier alpha value is -2.68. The van der Waals surface area contributed by atoms with Gasteiger partial charge in [0.15, 0.2) is 0 Å². The van der Waals surface area contributed by atoms with E-state index in [9.17, 15) is 18.0 Å². The van der Waals surface area contributed by atoms with Crippen LogP contribution in [0.25, 0.3) is 6.08 Å². The molecular weight excluding hydrogens is 414 g/mol. The Kier molecular flexibility index (Phi) is 7.55. The summed E-state index contributed by atoms with van der Waals surface area (Å²) in [6.07, 6.45) is 2.88. The van der Waals surface area contributed by atoms with E-state index in [1.807, 2.05) is 0 Å². The van der Waals surface area contributed by atoms with Crippen molar-refractivity contribution < 1.29 is 18.0 Å². The normalized spacial score (nSPS) is 11.4. The third-order valence-electron chi connectivity index (χ3n) is 3.83. The molecule has 0 aliphatic heterocycles. The van der Waals surface area contributed by atoms with Crippen LogP contribution in [0.4, 0.5) is 5.69 Å². The number of anilines is 1. The highest BCUT2D eigenvalue weighted by molar-refractivity contribution is 7.89. The van der Waals surface area contributed by atoms with Crippen molar-refractivity contribution in [2.75, 3.05) is 26.0 Å². The Labute approximate surface area is 175 Å². The minimum atomic E-state index is -3.51. The van der Waals surface area contributed by atoms with Crippen LogP contribution in [0, 0.1) is 0 Å². The van der Waals surface area contributed by atoms with Crippen LogP contribution in [-0.4, -0.2) is 45.8 Å². The third kappa shape index (κ3) is 6.15. The quantitative estimate of drug-likeness (QED) is 0.653. The predicted octanol–water partition coefficient (Wildman–Crippen LogP) is 2.99. The number of benzene rings is 2. The van der Waals surface area contributed by atoms with E-state index in [1.54, 1.807) is 51.4 Å². The molecule has 0 aliphatic rings. The second kappa shape index (κ2) is 9.69. The van der Waals surface area contributed by atoms with E-state index in [4.69, 9.17) is 11.6 Å². The number of amides is 2. The van der Waals surface area contributed by atoms with Gasteiger partial charge >= 0.3 is 0 Å². The fourth-order valence-corrected chi connectivity index (χ4v) is 3.70. The van der Waals surface area contributed by atoms with Gasteiger partial charge in [0, 0.05) is 32.4 Å². The molecule has 0 unspecified atom stereocenters. The van der Waals surface area contributed by atoms with Gasteiger partial charge in [-0.05, 0) is 42.0 Å². The average Bonchev–Trinajstić information content (AvgIpc) is 2.66. The number of nitrogens with zero attached hydrogens (tertiary/aromatic N) is 1. The van der Waals surface area contributed by atoms with Gasteiger partial charge in [0.05, 0.1) is 15.5 Å². The summed E-state index contributed by atoms with van der Waals surface area (Å²) in [7, 11) is -0.258. The van der Waals surface area contributed by atoms with Gasteiger partial charge in [-0.3, -0.25) is 9.59 Å². The highest BCUT2D eigenvalue weighted by Crippen LogP contribution is 2.22. The van der Waals surface area contributed by atoms with Crippen LogP contribution in [0.5, 0.6) is 0 Å². The lowest BCUT2D eigenvalue weighted by Gasteiger charge is -2.12. The van der Waals surface area contributed by atoms with Gasteiger partial charge < -0.3 is 10.2 Å². The molecule has 2 aromatic rings. The van der Waals surface area contributed by atoms with E-state index in [-0.39, 0.29) is 15.8 Å². The van der Waals surface area contributed by atoms with Crippen LogP contribution < -0.4 is 10.0 Å². The van der Waals surface area contributed by atoms with Crippen molar-refractivity contribution in [3.8, 4) is 0 Å².